The quantitative estimate of drug-likeness (QED) is 0.841. The first-order valence-corrected chi connectivity index (χ1v) is 9.59. The van der Waals surface area contributed by atoms with Crippen molar-refractivity contribution in [2.75, 3.05) is 25.9 Å². The van der Waals surface area contributed by atoms with Gasteiger partial charge in [0.1, 0.15) is 5.75 Å². The predicted octanol–water partition coefficient (Wildman–Crippen LogP) is 2.74. The van der Waals surface area contributed by atoms with Crippen LogP contribution in [-0.4, -0.2) is 40.4 Å². The van der Waals surface area contributed by atoms with E-state index < -0.39 is 10.0 Å². The van der Waals surface area contributed by atoms with E-state index in [1.165, 1.54) is 4.90 Å². The minimum atomic E-state index is -3.71. The third-order valence-electron chi connectivity index (χ3n) is 4.01. The smallest absolute Gasteiger partial charge is 0.261 e. The number of nitrogens with one attached hydrogen (secondary N) is 1. The van der Waals surface area contributed by atoms with Gasteiger partial charge in [-0.05, 0) is 54.8 Å². The lowest BCUT2D eigenvalue weighted by atomic mass is 10.1. The number of methoxy groups -OCH3 is 1. The Hall–Kier alpha value is -2.54. The molecule has 0 aliphatic rings. The zero-order valence-electron chi connectivity index (χ0n) is 15.7. The SMILES string of the molecule is COc1c(C)cc(S(=O)(=O)Nc2ccc(CC(=O)N(C)C)cc2)cc1C. The number of benzene rings is 2. The van der Waals surface area contributed by atoms with Crippen molar-refractivity contribution < 1.29 is 17.9 Å². The Morgan fingerprint density at radius 2 is 1.62 bits per heavy atom. The van der Waals surface area contributed by atoms with Gasteiger partial charge < -0.3 is 9.64 Å². The van der Waals surface area contributed by atoms with Crippen LogP contribution in [-0.2, 0) is 21.2 Å². The van der Waals surface area contributed by atoms with Crippen LogP contribution in [0.4, 0.5) is 5.69 Å². The second-order valence-corrected chi connectivity index (χ2v) is 8.04. The molecule has 0 heterocycles. The average Bonchev–Trinajstić information content (AvgIpc) is 2.56. The van der Waals surface area contributed by atoms with Crippen molar-refractivity contribution in [3.63, 3.8) is 0 Å². The molecule has 0 fully saturated rings. The van der Waals surface area contributed by atoms with Gasteiger partial charge in [-0.3, -0.25) is 9.52 Å². The van der Waals surface area contributed by atoms with E-state index in [0.29, 0.717) is 11.4 Å². The normalized spacial score (nSPS) is 11.1. The van der Waals surface area contributed by atoms with Gasteiger partial charge in [0, 0.05) is 19.8 Å². The van der Waals surface area contributed by atoms with E-state index in [2.05, 4.69) is 4.72 Å². The molecule has 0 aliphatic carbocycles. The van der Waals surface area contributed by atoms with Crippen molar-refractivity contribution in [1.82, 2.24) is 4.90 Å². The van der Waals surface area contributed by atoms with Crippen LogP contribution < -0.4 is 9.46 Å². The highest BCUT2D eigenvalue weighted by Crippen LogP contribution is 2.27. The standard InChI is InChI=1S/C19H24N2O4S/c1-13-10-17(11-14(2)19(13)25-5)26(23,24)20-16-8-6-15(7-9-16)12-18(22)21(3)4/h6-11,20H,12H2,1-5H3. The number of carbonyl (C=O) groups is 1. The van der Waals surface area contributed by atoms with E-state index in [1.807, 2.05) is 0 Å². The summed E-state index contributed by atoms with van der Waals surface area (Å²) in [5.41, 5.74) is 2.77. The molecule has 2 rings (SSSR count). The summed E-state index contributed by atoms with van der Waals surface area (Å²) in [4.78, 5) is 13.4. The Labute approximate surface area is 154 Å². The molecule has 7 heteroatoms. The van der Waals surface area contributed by atoms with Crippen molar-refractivity contribution in [2.45, 2.75) is 25.2 Å². The van der Waals surface area contributed by atoms with Crippen molar-refractivity contribution in [2.24, 2.45) is 0 Å². The number of hydrogen-bond donors (Lipinski definition) is 1. The number of rotatable bonds is 6. The average molecular weight is 376 g/mol. The zero-order valence-corrected chi connectivity index (χ0v) is 16.5. The van der Waals surface area contributed by atoms with Crippen LogP contribution in [0.3, 0.4) is 0 Å². The summed E-state index contributed by atoms with van der Waals surface area (Å²) in [7, 11) is 1.24. The molecule has 0 unspecified atom stereocenters. The zero-order chi connectivity index (χ0) is 19.5. The van der Waals surface area contributed by atoms with Gasteiger partial charge >= 0.3 is 0 Å². The summed E-state index contributed by atoms with van der Waals surface area (Å²) in [5.74, 6) is 0.668. The van der Waals surface area contributed by atoms with Crippen molar-refractivity contribution >= 4 is 21.6 Å². The minimum Gasteiger partial charge on any atom is -0.496 e. The first kappa shape index (κ1) is 19.8. The summed E-state index contributed by atoms with van der Waals surface area (Å²) in [6.45, 7) is 3.61. The van der Waals surface area contributed by atoms with Crippen molar-refractivity contribution in [1.29, 1.82) is 0 Å². The summed E-state index contributed by atoms with van der Waals surface area (Å²) in [6, 6.07) is 9.95. The van der Waals surface area contributed by atoms with Crippen LogP contribution in [0.2, 0.25) is 0 Å². The molecule has 26 heavy (non-hydrogen) atoms. The van der Waals surface area contributed by atoms with Crippen LogP contribution in [0.5, 0.6) is 5.75 Å². The lowest BCUT2D eigenvalue weighted by molar-refractivity contribution is -0.127. The van der Waals surface area contributed by atoms with Crippen molar-refractivity contribution in [3.05, 3.63) is 53.1 Å². The lowest BCUT2D eigenvalue weighted by Gasteiger charge is -2.13. The molecular formula is C19H24N2O4S. The second-order valence-electron chi connectivity index (χ2n) is 6.36. The largest absolute Gasteiger partial charge is 0.496 e. The highest BCUT2D eigenvalue weighted by Gasteiger charge is 2.17. The number of aryl methyl sites for hydroxylation is 2. The van der Waals surface area contributed by atoms with Crippen LogP contribution in [0.15, 0.2) is 41.3 Å². The van der Waals surface area contributed by atoms with Gasteiger partial charge in [0.05, 0.1) is 18.4 Å². The summed E-state index contributed by atoms with van der Waals surface area (Å²) >= 11 is 0. The maximum absolute atomic E-state index is 12.6. The molecule has 6 nitrogen and oxygen atoms in total. The van der Waals surface area contributed by atoms with E-state index in [4.69, 9.17) is 4.74 Å². The second kappa shape index (κ2) is 7.78. The summed E-state index contributed by atoms with van der Waals surface area (Å²) in [6.07, 6.45) is 0.275. The summed E-state index contributed by atoms with van der Waals surface area (Å²) in [5, 5.41) is 0. The van der Waals surface area contributed by atoms with E-state index in [-0.39, 0.29) is 17.2 Å². The van der Waals surface area contributed by atoms with E-state index in [1.54, 1.807) is 71.5 Å². The Morgan fingerprint density at radius 3 is 2.08 bits per heavy atom. The van der Waals surface area contributed by atoms with E-state index in [9.17, 15) is 13.2 Å². The van der Waals surface area contributed by atoms with Crippen molar-refractivity contribution in [3.8, 4) is 5.75 Å². The molecule has 1 amide bonds. The van der Waals surface area contributed by atoms with Crippen LogP contribution in [0.1, 0.15) is 16.7 Å². The number of hydrogen-bond acceptors (Lipinski definition) is 4. The highest BCUT2D eigenvalue weighted by atomic mass is 32.2. The number of sulfonamides is 1. The molecule has 0 bridgehead atoms. The topological polar surface area (TPSA) is 75.7 Å². The maximum atomic E-state index is 12.6. The first-order chi connectivity index (χ1) is 12.1. The van der Waals surface area contributed by atoms with Crippen LogP contribution >= 0.6 is 0 Å². The third-order valence-corrected chi connectivity index (χ3v) is 5.37. The molecular weight excluding hydrogens is 352 g/mol. The molecule has 0 saturated heterocycles. The van der Waals surface area contributed by atoms with Gasteiger partial charge in [-0.15, -0.1) is 0 Å². The monoisotopic (exact) mass is 376 g/mol. The lowest BCUT2D eigenvalue weighted by Crippen LogP contribution is -2.23. The van der Waals surface area contributed by atoms with Gasteiger partial charge in [0.2, 0.25) is 5.91 Å². The van der Waals surface area contributed by atoms with Crippen LogP contribution in [0.25, 0.3) is 0 Å². The molecule has 1 N–H and O–H groups in total. The molecule has 0 radical (unpaired) electrons. The van der Waals surface area contributed by atoms with Gasteiger partial charge in [-0.2, -0.15) is 0 Å². The van der Waals surface area contributed by atoms with Gasteiger partial charge in [0.25, 0.3) is 10.0 Å². The number of nitrogens with zero attached hydrogens (tertiary/aromatic N) is 1. The maximum Gasteiger partial charge on any atom is 0.261 e. The Morgan fingerprint density at radius 1 is 1.08 bits per heavy atom. The summed E-state index contributed by atoms with van der Waals surface area (Å²) < 4.78 is 33.1. The molecule has 140 valence electrons. The van der Waals surface area contributed by atoms with Crippen LogP contribution in [0, 0.1) is 13.8 Å². The highest BCUT2D eigenvalue weighted by molar-refractivity contribution is 7.92. The fraction of sp³-hybridized carbons (Fsp3) is 0.316. The molecule has 0 aromatic heterocycles. The minimum absolute atomic E-state index is 0.0116. The molecule has 0 spiro atoms. The van der Waals surface area contributed by atoms with E-state index >= 15 is 0 Å². The molecule has 0 aliphatic heterocycles. The molecule has 0 atom stereocenters. The predicted molar refractivity (Wildman–Crippen MR) is 102 cm³/mol. The number of amides is 1. The third kappa shape index (κ3) is 4.54. The number of ether oxygens (including phenoxy) is 1. The van der Waals surface area contributed by atoms with Gasteiger partial charge in [-0.1, -0.05) is 12.1 Å². The number of carbonyl (C=O) groups excluding carboxylic acids is 1. The molecule has 2 aromatic rings. The van der Waals surface area contributed by atoms with Gasteiger partial charge in [0.15, 0.2) is 0 Å². The molecule has 0 saturated carbocycles. The number of anilines is 1. The number of likely N-dealkylation sites (N-methyl/N-ethyl adjacent to an activating group) is 1. The van der Waals surface area contributed by atoms with E-state index in [0.717, 1.165) is 16.7 Å². The fourth-order valence-corrected chi connectivity index (χ4v) is 3.85. The Kier molecular flexibility index (Phi) is 5.92. The van der Waals surface area contributed by atoms with Gasteiger partial charge in [-0.25, -0.2) is 8.42 Å². The fourth-order valence-electron chi connectivity index (χ4n) is 2.63. The Balaban J connectivity index is 2.21. The first-order valence-electron chi connectivity index (χ1n) is 8.11. The molecule has 2 aromatic carbocycles. The Bertz CT molecular complexity index is 881.